The molecular formula is C42H48FNO5. The van der Waals surface area contributed by atoms with E-state index in [1.165, 1.54) is 23.3 Å². The second-order valence-electron chi connectivity index (χ2n) is 15.2. The first-order chi connectivity index (χ1) is 23.5. The molecule has 3 aliphatic carbocycles. The zero-order valence-corrected chi connectivity index (χ0v) is 28.7. The van der Waals surface area contributed by atoms with Crippen LogP contribution in [-0.2, 0) is 11.2 Å². The van der Waals surface area contributed by atoms with E-state index in [1.807, 2.05) is 36.4 Å². The number of nitrogens with zero attached hydrogens (tertiary/aromatic N) is 1. The smallest absolute Gasteiger partial charge is 0.313 e. The number of benzene rings is 3. The number of halogens is 1. The van der Waals surface area contributed by atoms with Gasteiger partial charge in [0.1, 0.15) is 11.6 Å². The Morgan fingerprint density at radius 1 is 1.04 bits per heavy atom. The van der Waals surface area contributed by atoms with Gasteiger partial charge in [-0.05, 0) is 129 Å². The second-order valence-corrected chi connectivity index (χ2v) is 15.2. The normalized spacial score (nSPS) is 26.0. The third-order valence-corrected chi connectivity index (χ3v) is 11.9. The Morgan fingerprint density at radius 3 is 2.59 bits per heavy atom. The summed E-state index contributed by atoms with van der Waals surface area (Å²) in [5, 5.41) is 33.4. The van der Waals surface area contributed by atoms with Crippen LogP contribution in [0.15, 0.2) is 72.8 Å². The van der Waals surface area contributed by atoms with Crippen molar-refractivity contribution >= 4 is 22.9 Å². The lowest BCUT2D eigenvalue weighted by Crippen LogP contribution is -2.43. The van der Waals surface area contributed by atoms with Crippen LogP contribution in [0.1, 0.15) is 94.5 Å². The molecule has 2 fully saturated rings. The molecule has 0 bridgehead atoms. The van der Waals surface area contributed by atoms with Crippen LogP contribution < -0.4 is 4.74 Å². The Labute approximate surface area is 288 Å². The molecule has 7 rings (SSSR count). The topological polar surface area (TPSA) is 91.9 Å². The van der Waals surface area contributed by atoms with Gasteiger partial charge in [-0.2, -0.15) is 0 Å². The van der Waals surface area contributed by atoms with Crippen molar-refractivity contribution in [1.29, 1.82) is 0 Å². The van der Waals surface area contributed by atoms with Gasteiger partial charge in [-0.15, -0.1) is 0 Å². The molecular weight excluding hydrogens is 617 g/mol. The molecule has 0 radical (unpaired) electrons. The molecule has 0 unspecified atom stereocenters. The number of rotatable bonds is 9. The van der Waals surface area contributed by atoms with Crippen molar-refractivity contribution in [3.8, 4) is 16.9 Å². The summed E-state index contributed by atoms with van der Waals surface area (Å²) in [4.78, 5) is 12.9. The molecule has 7 atom stereocenters. The Kier molecular flexibility index (Phi) is 9.29. The highest BCUT2D eigenvalue weighted by molar-refractivity contribution is 6.01. The minimum atomic E-state index is -1.09. The van der Waals surface area contributed by atoms with Gasteiger partial charge in [0.15, 0.2) is 0 Å². The summed E-state index contributed by atoms with van der Waals surface area (Å²) in [6.07, 6.45) is 7.14. The third-order valence-electron chi connectivity index (χ3n) is 11.9. The summed E-state index contributed by atoms with van der Waals surface area (Å²) in [6.45, 7) is 6.47. The molecule has 0 saturated heterocycles. The van der Waals surface area contributed by atoms with Crippen LogP contribution in [0.3, 0.4) is 0 Å². The lowest BCUT2D eigenvalue weighted by molar-refractivity contribution is -0.136. The molecule has 7 heteroatoms. The molecule has 2 saturated carbocycles. The first-order valence-electron chi connectivity index (χ1n) is 18.0. The lowest BCUT2D eigenvalue weighted by Gasteiger charge is -2.50. The summed E-state index contributed by atoms with van der Waals surface area (Å²) in [6, 6.07) is 20.6. The predicted octanol–water partition coefficient (Wildman–Crippen LogP) is 8.37. The SMILES string of the molecule is CC(C)n1c(C=C[C@H](O)C[C@H](O)CC(=O)Oc2ccc3c(c2)CC[C@@H]2[C@@H]3CC[C@]3(C)[C@@H](O)CC[C@@H]23)c(-c2ccc(F)cc2)c2ccccc21. The fraction of sp³-hybridized carbons (Fsp3) is 0.452. The van der Waals surface area contributed by atoms with E-state index in [2.05, 4.69) is 37.5 Å². The lowest BCUT2D eigenvalue weighted by atomic mass is 9.55. The van der Waals surface area contributed by atoms with Crippen LogP contribution in [0.2, 0.25) is 0 Å². The van der Waals surface area contributed by atoms with Gasteiger partial charge in [0, 0.05) is 34.6 Å². The van der Waals surface area contributed by atoms with Crippen molar-refractivity contribution < 1.29 is 29.2 Å². The van der Waals surface area contributed by atoms with Gasteiger partial charge < -0.3 is 24.6 Å². The number of ether oxygens (including phenoxy) is 1. The summed E-state index contributed by atoms with van der Waals surface area (Å²) in [5.41, 5.74) is 6.34. The minimum Gasteiger partial charge on any atom is -0.426 e. The van der Waals surface area contributed by atoms with Crippen LogP contribution >= 0.6 is 0 Å². The maximum atomic E-state index is 13.8. The van der Waals surface area contributed by atoms with Crippen LogP contribution in [0, 0.1) is 23.1 Å². The number of para-hydroxylation sites is 1. The Morgan fingerprint density at radius 2 is 1.82 bits per heavy atom. The fourth-order valence-corrected chi connectivity index (χ4v) is 9.53. The van der Waals surface area contributed by atoms with Crippen LogP contribution in [0.4, 0.5) is 4.39 Å². The maximum Gasteiger partial charge on any atom is 0.313 e. The van der Waals surface area contributed by atoms with Gasteiger partial charge in [0.25, 0.3) is 0 Å². The number of esters is 1. The van der Waals surface area contributed by atoms with Crippen molar-refractivity contribution in [2.24, 2.45) is 17.3 Å². The molecule has 0 aliphatic heterocycles. The van der Waals surface area contributed by atoms with Crippen molar-refractivity contribution in [2.75, 3.05) is 0 Å². The Bertz CT molecular complexity index is 1860. The molecule has 3 aromatic carbocycles. The van der Waals surface area contributed by atoms with E-state index < -0.39 is 18.2 Å². The zero-order chi connectivity index (χ0) is 34.4. The number of carbonyl (C=O) groups is 1. The highest BCUT2D eigenvalue weighted by Crippen LogP contribution is 2.61. The summed E-state index contributed by atoms with van der Waals surface area (Å²) in [7, 11) is 0. The fourth-order valence-electron chi connectivity index (χ4n) is 9.53. The van der Waals surface area contributed by atoms with Gasteiger partial charge in [0.05, 0.1) is 24.7 Å². The first kappa shape index (κ1) is 33.7. The highest BCUT2D eigenvalue weighted by Gasteiger charge is 2.54. The number of carbonyl (C=O) groups excluding carboxylic acids is 1. The van der Waals surface area contributed by atoms with Crippen LogP contribution in [0.5, 0.6) is 5.75 Å². The van der Waals surface area contributed by atoms with E-state index in [-0.39, 0.29) is 36.2 Å². The highest BCUT2D eigenvalue weighted by atomic mass is 19.1. The number of hydrogen-bond donors (Lipinski definition) is 3. The third kappa shape index (κ3) is 6.37. The van der Waals surface area contributed by atoms with Gasteiger partial charge in [-0.25, -0.2) is 4.39 Å². The van der Waals surface area contributed by atoms with Gasteiger partial charge >= 0.3 is 5.97 Å². The van der Waals surface area contributed by atoms with Crippen LogP contribution in [-0.4, -0.2) is 44.2 Å². The predicted molar refractivity (Wildman–Crippen MR) is 191 cm³/mol. The molecule has 0 amide bonds. The van der Waals surface area contributed by atoms with Crippen molar-refractivity contribution in [2.45, 2.75) is 102 Å². The number of aliphatic hydroxyl groups is 3. The van der Waals surface area contributed by atoms with Crippen molar-refractivity contribution in [3.63, 3.8) is 0 Å². The number of aromatic nitrogens is 1. The van der Waals surface area contributed by atoms with Gasteiger partial charge in [-0.3, -0.25) is 4.79 Å². The number of aryl methyl sites for hydroxylation is 1. The molecule has 49 heavy (non-hydrogen) atoms. The standard InChI is InChI=1S/C42H48FNO5/c1-25(2)44-37-7-5-4-6-35(37)41(26-8-11-28(43)12-9-26)38(44)18-13-29(45)23-30(46)24-40(48)49-31-14-16-32-27(22-31)10-15-34-33(32)20-21-42(3)36(34)17-19-39(42)47/h4-9,11-14,16,18,22,25,29-30,33-34,36,39,45-47H,10,15,17,19-21,23-24H2,1-3H3/t29-,30-,33+,34+,36-,39-,42-/m0/s1. The molecule has 3 aliphatic rings. The first-order valence-corrected chi connectivity index (χ1v) is 18.0. The minimum absolute atomic E-state index is 0.0264. The maximum absolute atomic E-state index is 13.8. The molecule has 6 nitrogen and oxygen atoms in total. The summed E-state index contributed by atoms with van der Waals surface area (Å²) >= 11 is 0. The average Bonchev–Trinajstić information content (AvgIpc) is 3.57. The molecule has 258 valence electrons. The molecule has 1 aromatic heterocycles. The van der Waals surface area contributed by atoms with Gasteiger partial charge in [-0.1, -0.05) is 49.4 Å². The van der Waals surface area contributed by atoms with Crippen LogP contribution in [0.25, 0.3) is 28.1 Å². The summed E-state index contributed by atoms with van der Waals surface area (Å²) < 4.78 is 21.7. The monoisotopic (exact) mass is 665 g/mol. The number of aliphatic hydroxyl groups excluding tert-OH is 3. The zero-order valence-electron chi connectivity index (χ0n) is 28.7. The Hall–Kier alpha value is -3.78. The molecule has 4 aromatic rings. The Balaban J connectivity index is 1.00. The van der Waals surface area contributed by atoms with Gasteiger partial charge in [0.2, 0.25) is 0 Å². The number of fused-ring (bicyclic) bond motifs is 6. The number of hydrogen-bond acceptors (Lipinski definition) is 5. The van der Waals surface area contributed by atoms with E-state index in [0.29, 0.717) is 23.5 Å². The van der Waals surface area contributed by atoms with E-state index in [4.69, 9.17) is 4.74 Å². The van der Waals surface area contributed by atoms with E-state index >= 15 is 0 Å². The van der Waals surface area contributed by atoms with Crippen molar-refractivity contribution in [1.82, 2.24) is 4.57 Å². The largest absolute Gasteiger partial charge is 0.426 e. The van der Waals surface area contributed by atoms with Crippen molar-refractivity contribution in [3.05, 3.63) is 95.4 Å². The average molecular weight is 666 g/mol. The van der Waals surface area contributed by atoms with E-state index in [9.17, 15) is 24.5 Å². The van der Waals surface area contributed by atoms with E-state index in [1.54, 1.807) is 18.2 Å². The van der Waals surface area contributed by atoms with E-state index in [0.717, 1.165) is 66.2 Å². The second kappa shape index (κ2) is 13.5. The summed E-state index contributed by atoms with van der Waals surface area (Å²) in [5.74, 6) is 1.29. The molecule has 3 N–H and O–H groups in total. The molecule has 0 spiro atoms. The molecule has 1 heterocycles. The quantitative estimate of drug-likeness (QED) is 0.123.